The first-order valence-corrected chi connectivity index (χ1v) is 12.0. The van der Waals surface area contributed by atoms with E-state index in [0.29, 0.717) is 24.6 Å². The molecule has 2 fully saturated rings. The summed E-state index contributed by atoms with van der Waals surface area (Å²) in [5.41, 5.74) is 2.55. The Morgan fingerprint density at radius 1 is 1.03 bits per heavy atom. The van der Waals surface area contributed by atoms with Gasteiger partial charge in [0.15, 0.2) is 0 Å². The van der Waals surface area contributed by atoms with Crippen LogP contribution in [0.25, 0.3) is 0 Å². The number of benzene rings is 1. The van der Waals surface area contributed by atoms with Gasteiger partial charge in [0.05, 0.1) is 6.10 Å². The molecular formula is C24H34N4O4. The van der Waals surface area contributed by atoms with E-state index < -0.39 is 6.04 Å². The molecular weight excluding hydrogens is 408 g/mol. The van der Waals surface area contributed by atoms with Crippen molar-refractivity contribution < 1.29 is 19.1 Å². The Morgan fingerprint density at radius 2 is 1.84 bits per heavy atom. The molecule has 8 heteroatoms. The van der Waals surface area contributed by atoms with Crippen molar-refractivity contribution in [1.29, 1.82) is 0 Å². The van der Waals surface area contributed by atoms with Crippen LogP contribution in [0.4, 0.5) is 5.69 Å². The minimum absolute atomic E-state index is 0.133. The fraction of sp³-hybridized carbons (Fsp3) is 0.625. The summed E-state index contributed by atoms with van der Waals surface area (Å²) in [7, 11) is 0. The van der Waals surface area contributed by atoms with E-state index in [1.165, 1.54) is 0 Å². The Hall–Kier alpha value is -2.45. The molecule has 0 aromatic heterocycles. The zero-order valence-electron chi connectivity index (χ0n) is 18.7. The van der Waals surface area contributed by atoms with Crippen LogP contribution in [-0.4, -0.2) is 61.0 Å². The van der Waals surface area contributed by atoms with Gasteiger partial charge in [-0.05, 0) is 57.3 Å². The van der Waals surface area contributed by atoms with Gasteiger partial charge in [0.2, 0.25) is 11.8 Å². The zero-order valence-corrected chi connectivity index (χ0v) is 18.7. The average Bonchev–Trinajstić information content (AvgIpc) is 3.13. The van der Waals surface area contributed by atoms with E-state index >= 15 is 0 Å². The maximum atomic E-state index is 12.9. The highest BCUT2D eigenvalue weighted by Gasteiger charge is 2.39. The first-order chi connectivity index (χ1) is 15.6. The molecule has 3 aliphatic heterocycles. The molecule has 1 atom stereocenters. The molecule has 0 radical (unpaired) electrons. The van der Waals surface area contributed by atoms with Crippen LogP contribution >= 0.6 is 0 Å². The number of rotatable bonds is 10. The second-order valence-corrected chi connectivity index (χ2v) is 8.89. The van der Waals surface area contributed by atoms with Gasteiger partial charge in [-0.1, -0.05) is 18.9 Å². The van der Waals surface area contributed by atoms with E-state index in [0.717, 1.165) is 76.0 Å². The van der Waals surface area contributed by atoms with Crippen LogP contribution in [0.1, 0.15) is 67.3 Å². The summed E-state index contributed by atoms with van der Waals surface area (Å²) in [6.45, 7) is 4.23. The molecule has 3 amide bonds. The molecule has 0 spiro atoms. The Kier molecular flexibility index (Phi) is 7.76. The SMILES string of the molecule is O=C1CCC(N2Cc3c(NCCCCCCOC4CCNCC4)cccc3C2=O)C(=O)N1. The van der Waals surface area contributed by atoms with Gasteiger partial charge in [-0.3, -0.25) is 19.7 Å². The standard InChI is InChI=1S/C24H34N4O4/c29-22-9-8-21(23(30)27-22)28-16-19-18(24(28)31)6-5-7-20(19)26-12-3-1-2-4-15-32-17-10-13-25-14-11-17/h5-7,17,21,25-26H,1-4,8-16H2,(H,27,29,30). The largest absolute Gasteiger partial charge is 0.385 e. The highest BCUT2D eigenvalue weighted by molar-refractivity contribution is 6.06. The van der Waals surface area contributed by atoms with Crippen LogP contribution < -0.4 is 16.0 Å². The smallest absolute Gasteiger partial charge is 0.255 e. The predicted octanol–water partition coefficient (Wildman–Crippen LogP) is 2.19. The van der Waals surface area contributed by atoms with Crippen molar-refractivity contribution >= 4 is 23.4 Å². The van der Waals surface area contributed by atoms with E-state index in [1.54, 1.807) is 4.90 Å². The van der Waals surface area contributed by atoms with Crippen molar-refractivity contribution in [3.8, 4) is 0 Å². The first kappa shape index (κ1) is 22.7. The number of nitrogens with zero attached hydrogens (tertiary/aromatic N) is 1. The normalized spacial score (nSPS) is 21.6. The number of carbonyl (C=O) groups excluding carboxylic acids is 3. The molecule has 2 saturated heterocycles. The molecule has 8 nitrogen and oxygen atoms in total. The van der Waals surface area contributed by atoms with Crippen LogP contribution in [0.3, 0.4) is 0 Å². The van der Waals surface area contributed by atoms with E-state index in [9.17, 15) is 14.4 Å². The lowest BCUT2D eigenvalue weighted by Gasteiger charge is -2.29. The molecule has 3 aliphatic rings. The van der Waals surface area contributed by atoms with Gasteiger partial charge in [-0.15, -0.1) is 0 Å². The zero-order chi connectivity index (χ0) is 22.3. The molecule has 3 heterocycles. The van der Waals surface area contributed by atoms with Gasteiger partial charge in [-0.2, -0.15) is 0 Å². The van der Waals surface area contributed by atoms with E-state index in [-0.39, 0.29) is 24.1 Å². The summed E-state index contributed by atoms with van der Waals surface area (Å²) in [4.78, 5) is 38.1. The molecule has 1 aromatic rings. The van der Waals surface area contributed by atoms with Crippen molar-refractivity contribution in [2.45, 2.75) is 70.1 Å². The van der Waals surface area contributed by atoms with Crippen LogP contribution in [0.15, 0.2) is 18.2 Å². The van der Waals surface area contributed by atoms with Crippen molar-refractivity contribution in [3.63, 3.8) is 0 Å². The summed E-state index contributed by atoms with van der Waals surface area (Å²) in [5, 5.41) is 9.18. The molecule has 0 saturated carbocycles. The maximum Gasteiger partial charge on any atom is 0.255 e. The monoisotopic (exact) mass is 442 g/mol. The van der Waals surface area contributed by atoms with Gasteiger partial charge in [0.1, 0.15) is 6.04 Å². The third kappa shape index (κ3) is 5.48. The highest BCUT2D eigenvalue weighted by Crippen LogP contribution is 2.32. The quantitative estimate of drug-likeness (QED) is 0.379. The first-order valence-electron chi connectivity index (χ1n) is 12.0. The lowest BCUT2D eigenvalue weighted by molar-refractivity contribution is -0.136. The number of fused-ring (bicyclic) bond motifs is 1. The Labute approximate surface area is 189 Å². The third-order valence-corrected chi connectivity index (χ3v) is 6.61. The van der Waals surface area contributed by atoms with Gasteiger partial charge in [0, 0.05) is 42.9 Å². The molecule has 32 heavy (non-hydrogen) atoms. The minimum Gasteiger partial charge on any atom is -0.385 e. The van der Waals surface area contributed by atoms with Gasteiger partial charge < -0.3 is 20.3 Å². The average molecular weight is 443 g/mol. The fourth-order valence-electron chi connectivity index (χ4n) is 4.77. The van der Waals surface area contributed by atoms with Crippen LogP contribution in [0.5, 0.6) is 0 Å². The molecule has 4 rings (SSSR count). The number of unbranched alkanes of at least 4 members (excludes halogenated alkanes) is 3. The molecule has 0 bridgehead atoms. The van der Waals surface area contributed by atoms with E-state index in [2.05, 4.69) is 16.0 Å². The number of hydrogen-bond acceptors (Lipinski definition) is 6. The van der Waals surface area contributed by atoms with Crippen LogP contribution in [0.2, 0.25) is 0 Å². The molecule has 174 valence electrons. The Bertz CT molecular complexity index is 837. The molecule has 0 aliphatic carbocycles. The van der Waals surface area contributed by atoms with Crippen molar-refractivity contribution in [2.75, 3.05) is 31.6 Å². The van der Waals surface area contributed by atoms with Crippen molar-refractivity contribution in [1.82, 2.24) is 15.5 Å². The van der Waals surface area contributed by atoms with Crippen LogP contribution in [-0.2, 0) is 20.9 Å². The summed E-state index contributed by atoms with van der Waals surface area (Å²) in [6, 6.07) is 5.11. The number of anilines is 1. The van der Waals surface area contributed by atoms with E-state index in [4.69, 9.17) is 4.74 Å². The van der Waals surface area contributed by atoms with Gasteiger partial charge >= 0.3 is 0 Å². The number of amides is 3. The number of ether oxygens (including phenoxy) is 1. The van der Waals surface area contributed by atoms with Crippen molar-refractivity contribution in [2.24, 2.45) is 0 Å². The number of piperidine rings is 2. The predicted molar refractivity (Wildman–Crippen MR) is 121 cm³/mol. The second-order valence-electron chi connectivity index (χ2n) is 8.89. The number of carbonyl (C=O) groups is 3. The van der Waals surface area contributed by atoms with E-state index in [1.807, 2.05) is 18.2 Å². The highest BCUT2D eigenvalue weighted by atomic mass is 16.5. The summed E-state index contributed by atoms with van der Waals surface area (Å²) >= 11 is 0. The Balaban J connectivity index is 1.19. The Morgan fingerprint density at radius 3 is 2.66 bits per heavy atom. The van der Waals surface area contributed by atoms with Gasteiger partial charge in [0.25, 0.3) is 5.91 Å². The topological polar surface area (TPSA) is 99.8 Å². The third-order valence-electron chi connectivity index (χ3n) is 6.61. The maximum absolute atomic E-state index is 12.9. The lowest BCUT2D eigenvalue weighted by atomic mass is 10.0. The number of imide groups is 1. The number of nitrogens with one attached hydrogen (secondary N) is 3. The number of hydrogen-bond donors (Lipinski definition) is 3. The summed E-state index contributed by atoms with van der Waals surface area (Å²) in [5.74, 6) is -0.774. The second kappa shape index (κ2) is 10.9. The lowest BCUT2D eigenvalue weighted by Crippen LogP contribution is -2.52. The van der Waals surface area contributed by atoms with Crippen LogP contribution in [0, 0.1) is 0 Å². The fourth-order valence-corrected chi connectivity index (χ4v) is 4.77. The molecule has 3 N–H and O–H groups in total. The van der Waals surface area contributed by atoms with Gasteiger partial charge in [-0.25, -0.2) is 0 Å². The summed E-state index contributed by atoms with van der Waals surface area (Å²) in [6.07, 6.45) is 7.77. The van der Waals surface area contributed by atoms with Crippen molar-refractivity contribution in [3.05, 3.63) is 29.3 Å². The molecule has 1 aromatic carbocycles. The molecule has 1 unspecified atom stereocenters. The summed E-state index contributed by atoms with van der Waals surface area (Å²) < 4.78 is 5.95. The minimum atomic E-state index is -0.576.